The summed E-state index contributed by atoms with van der Waals surface area (Å²) in [7, 11) is 0. The molecule has 2 aromatic rings. The van der Waals surface area contributed by atoms with Crippen LogP contribution in [0.15, 0.2) is 60.7 Å². The first-order valence-electron chi connectivity index (χ1n) is 8.42. The molecule has 3 heteroatoms. The van der Waals surface area contributed by atoms with Gasteiger partial charge in [-0.3, -0.25) is 9.80 Å². The van der Waals surface area contributed by atoms with E-state index in [1.807, 2.05) is 0 Å². The van der Waals surface area contributed by atoms with Crippen molar-refractivity contribution in [1.82, 2.24) is 9.80 Å². The van der Waals surface area contributed by atoms with Gasteiger partial charge in [0.1, 0.15) is 0 Å². The van der Waals surface area contributed by atoms with Crippen LogP contribution in [0, 0.1) is 0 Å². The second-order valence-electron chi connectivity index (χ2n) is 7.05. The van der Waals surface area contributed by atoms with Crippen LogP contribution in [0.4, 0.5) is 0 Å². The predicted octanol–water partition coefficient (Wildman–Crippen LogP) is 2.72. The molecule has 0 radical (unpaired) electrons. The summed E-state index contributed by atoms with van der Waals surface area (Å²) >= 11 is 0. The molecule has 0 unspecified atom stereocenters. The zero-order chi connectivity index (χ0) is 16.1. The largest absolute Gasteiger partial charge is 0.323 e. The fraction of sp³-hybridized carbons (Fsp3) is 0.400. The molecule has 1 saturated heterocycles. The quantitative estimate of drug-likeness (QED) is 0.942. The third kappa shape index (κ3) is 4.90. The predicted molar refractivity (Wildman–Crippen MR) is 96.0 cm³/mol. The van der Waals surface area contributed by atoms with Crippen molar-refractivity contribution < 1.29 is 0 Å². The molecule has 0 spiro atoms. The van der Waals surface area contributed by atoms with E-state index < -0.39 is 0 Å². The van der Waals surface area contributed by atoms with Gasteiger partial charge >= 0.3 is 0 Å². The van der Waals surface area contributed by atoms with Gasteiger partial charge in [0, 0.05) is 44.8 Å². The highest BCUT2D eigenvalue weighted by atomic mass is 15.2. The fourth-order valence-corrected chi connectivity index (χ4v) is 3.47. The minimum Gasteiger partial charge on any atom is -0.323 e. The van der Waals surface area contributed by atoms with Gasteiger partial charge in [0.05, 0.1) is 0 Å². The lowest BCUT2D eigenvalue weighted by molar-refractivity contribution is 0.231. The summed E-state index contributed by atoms with van der Waals surface area (Å²) in [6.45, 7) is 8.14. The molecule has 122 valence electrons. The van der Waals surface area contributed by atoms with E-state index in [9.17, 15) is 0 Å². The second-order valence-corrected chi connectivity index (χ2v) is 7.05. The highest BCUT2D eigenvalue weighted by Gasteiger charge is 2.29. The molecule has 1 aliphatic rings. The second kappa shape index (κ2) is 7.26. The van der Waals surface area contributed by atoms with Crippen LogP contribution in [0.5, 0.6) is 0 Å². The Morgan fingerprint density at radius 1 is 0.783 bits per heavy atom. The van der Waals surface area contributed by atoms with Gasteiger partial charge in [-0.2, -0.15) is 0 Å². The summed E-state index contributed by atoms with van der Waals surface area (Å²) < 4.78 is 0. The van der Waals surface area contributed by atoms with Crippen LogP contribution < -0.4 is 5.73 Å². The van der Waals surface area contributed by atoms with Gasteiger partial charge in [-0.1, -0.05) is 60.7 Å². The molecule has 2 aromatic carbocycles. The highest BCUT2D eigenvalue weighted by Crippen LogP contribution is 2.16. The number of rotatable bonds is 4. The molecule has 0 atom stereocenters. The molecule has 3 rings (SSSR count). The van der Waals surface area contributed by atoms with Crippen molar-refractivity contribution in [1.29, 1.82) is 0 Å². The minimum atomic E-state index is -0.180. The number of nitrogens with zero attached hydrogens (tertiary/aromatic N) is 2. The van der Waals surface area contributed by atoms with Gasteiger partial charge in [0.15, 0.2) is 0 Å². The lowest BCUT2D eigenvalue weighted by Crippen LogP contribution is -2.51. The Labute approximate surface area is 139 Å². The first kappa shape index (κ1) is 16.2. The molecular formula is C20H27N3. The molecule has 1 aliphatic heterocycles. The maximum absolute atomic E-state index is 6.58. The summed E-state index contributed by atoms with van der Waals surface area (Å²) in [5, 5.41) is 0. The zero-order valence-electron chi connectivity index (χ0n) is 14.0. The van der Waals surface area contributed by atoms with Crippen LogP contribution in [-0.4, -0.2) is 41.5 Å². The van der Waals surface area contributed by atoms with E-state index in [-0.39, 0.29) is 5.54 Å². The van der Waals surface area contributed by atoms with Gasteiger partial charge in [0.2, 0.25) is 0 Å². The first-order chi connectivity index (χ1) is 11.1. The summed E-state index contributed by atoms with van der Waals surface area (Å²) in [6, 6.07) is 21.4. The Bertz CT molecular complexity index is 541. The SMILES string of the molecule is CC1(N)CN(Cc2ccccc2)CCN(Cc2ccccc2)C1. The monoisotopic (exact) mass is 309 g/mol. The summed E-state index contributed by atoms with van der Waals surface area (Å²) in [6.07, 6.45) is 0. The average Bonchev–Trinajstić information content (AvgIpc) is 2.67. The van der Waals surface area contributed by atoms with E-state index in [1.165, 1.54) is 11.1 Å². The summed E-state index contributed by atoms with van der Waals surface area (Å²) in [5.74, 6) is 0. The molecular weight excluding hydrogens is 282 g/mol. The Morgan fingerprint density at radius 2 is 1.17 bits per heavy atom. The molecule has 23 heavy (non-hydrogen) atoms. The summed E-state index contributed by atoms with van der Waals surface area (Å²) in [5.41, 5.74) is 9.12. The van der Waals surface area contributed by atoms with E-state index in [0.717, 1.165) is 39.3 Å². The van der Waals surface area contributed by atoms with Crippen molar-refractivity contribution in [2.24, 2.45) is 5.73 Å². The Balaban J connectivity index is 1.64. The van der Waals surface area contributed by atoms with Crippen LogP contribution in [-0.2, 0) is 13.1 Å². The molecule has 0 saturated carbocycles. The topological polar surface area (TPSA) is 32.5 Å². The van der Waals surface area contributed by atoms with Gasteiger partial charge in [-0.25, -0.2) is 0 Å². The van der Waals surface area contributed by atoms with Gasteiger partial charge in [0.25, 0.3) is 0 Å². The molecule has 2 N–H and O–H groups in total. The van der Waals surface area contributed by atoms with Gasteiger partial charge in [-0.15, -0.1) is 0 Å². The van der Waals surface area contributed by atoms with E-state index in [0.29, 0.717) is 0 Å². The smallest absolute Gasteiger partial charge is 0.0384 e. The standard InChI is InChI=1S/C20H27N3/c1-20(21)16-22(14-18-8-4-2-5-9-18)12-13-23(17-20)15-19-10-6-3-7-11-19/h2-11H,12-17,21H2,1H3. The normalized spacial score (nSPS) is 19.4. The van der Waals surface area contributed by atoms with Crippen molar-refractivity contribution in [3.05, 3.63) is 71.8 Å². The van der Waals surface area contributed by atoms with E-state index >= 15 is 0 Å². The van der Waals surface area contributed by atoms with Crippen LogP contribution >= 0.6 is 0 Å². The number of hydrogen-bond acceptors (Lipinski definition) is 3. The lowest BCUT2D eigenvalue weighted by Gasteiger charge is -2.31. The Morgan fingerprint density at radius 3 is 1.57 bits per heavy atom. The molecule has 0 amide bonds. The third-order valence-corrected chi connectivity index (χ3v) is 4.40. The third-order valence-electron chi connectivity index (χ3n) is 4.40. The molecule has 0 bridgehead atoms. The maximum atomic E-state index is 6.58. The van der Waals surface area contributed by atoms with Gasteiger partial charge < -0.3 is 5.73 Å². The molecule has 1 heterocycles. The summed E-state index contributed by atoms with van der Waals surface area (Å²) in [4.78, 5) is 4.97. The lowest BCUT2D eigenvalue weighted by atomic mass is 10.0. The Kier molecular flexibility index (Phi) is 5.11. The van der Waals surface area contributed by atoms with Crippen molar-refractivity contribution in [3.63, 3.8) is 0 Å². The van der Waals surface area contributed by atoms with E-state index in [1.54, 1.807) is 0 Å². The van der Waals surface area contributed by atoms with E-state index in [4.69, 9.17) is 5.73 Å². The van der Waals surface area contributed by atoms with Gasteiger partial charge in [-0.05, 0) is 18.1 Å². The van der Waals surface area contributed by atoms with Crippen molar-refractivity contribution in [2.45, 2.75) is 25.6 Å². The zero-order valence-corrected chi connectivity index (χ0v) is 14.0. The van der Waals surface area contributed by atoms with Crippen LogP contribution in [0.2, 0.25) is 0 Å². The minimum absolute atomic E-state index is 0.180. The maximum Gasteiger partial charge on any atom is 0.0384 e. The van der Waals surface area contributed by atoms with Crippen molar-refractivity contribution >= 4 is 0 Å². The van der Waals surface area contributed by atoms with Crippen LogP contribution in [0.25, 0.3) is 0 Å². The van der Waals surface area contributed by atoms with Crippen molar-refractivity contribution in [3.8, 4) is 0 Å². The number of benzene rings is 2. The Hall–Kier alpha value is -1.68. The molecule has 0 aliphatic carbocycles. The van der Waals surface area contributed by atoms with E-state index in [2.05, 4.69) is 77.4 Å². The average molecular weight is 309 g/mol. The number of hydrogen-bond donors (Lipinski definition) is 1. The van der Waals surface area contributed by atoms with Crippen LogP contribution in [0.1, 0.15) is 18.1 Å². The van der Waals surface area contributed by atoms with Crippen LogP contribution in [0.3, 0.4) is 0 Å². The molecule has 1 fully saturated rings. The molecule has 3 nitrogen and oxygen atoms in total. The van der Waals surface area contributed by atoms with Crippen molar-refractivity contribution in [2.75, 3.05) is 26.2 Å². The number of nitrogens with two attached hydrogens (primary N) is 1. The fourth-order valence-electron chi connectivity index (χ4n) is 3.47. The first-order valence-corrected chi connectivity index (χ1v) is 8.42. The highest BCUT2D eigenvalue weighted by molar-refractivity contribution is 5.16. The molecule has 0 aromatic heterocycles.